The second-order valence-electron chi connectivity index (χ2n) is 3.87. The molecule has 0 aliphatic rings. The predicted octanol–water partition coefficient (Wildman–Crippen LogP) is 4.72. The molecule has 0 heterocycles. The highest BCUT2D eigenvalue weighted by Crippen LogP contribution is 2.32. The summed E-state index contributed by atoms with van der Waals surface area (Å²) in [5.74, 6) is -0.933. The van der Waals surface area contributed by atoms with E-state index in [1.807, 2.05) is 0 Å². The summed E-state index contributed by atoms with van der Waals surface area (Å²) in [6.45, 7) is 1.31. The van der Waals surface area contributed by atoms with Crippen LogP contribution in [0.5, 0.6) is 11.5 Å². The molecule has 0 radical (unpaired) electrons. The van der Waals surface area contributed by atoms with E-state index in [0.29, 0.717) is 4.47 Å². The molecule has 0 aromatic heterocycles. The lowest BCUT2D eigenvalue weighted by molar-refractivity contribution is 0.101. The van der Waals surface area contributed by atoms with Crippen molar-refractivity contribution in [2.75, 3.05) is 0 Å². The van der Waals surface area contributed by atoms with Crippen LogP contribution in [0, 0.1) is 11.6 Å². The maximum Gasteiger partial charge on any atom is 0.163 e. The van der Waals surface area contributed by atoms with Crippen molar-refractivity contribution >= 4 is 21.7 Å². The molecule has 0 bridgehead atoms. The highest BCUT2D eigenvalue weighted by atomic mass is 79.9. The molecule has 98 valence electrons. The van der Waals surface area contributed by atoms with E-state index in [-0.39, 0.29) is 22.8 Å². The lowest BCUT2D eigenvalue weighted by Crippen LogP contribution is -1.98. The van der Waals surface area contributed by atoms with Crippen LogP contribution in [-0.4, -0.2) is 5.78 Å². The molecule has 0 saturated carbocycles. The van der Waals surface area contributed by atoms with Gasteiger partial charge in [0.05, 0.1) is 10.0 Å². The first-order valence-electron chi connectivity index (χ1n) is 5.41. The van der Waals surface area contributed by atoms with Crippen LogP contribution < -0.4 is 4.74 Å². The normalized spacial score (nSPS) is 10.3. The second-order valence-corrected chi connectivity index (χ2v) is 4.73. The molecule has 0 saturated heterocycles. The molecule has 2 rings (SSSR count). The van der Waals surface area contributed by atoms with E-state index in [2.05, 4.69) is 15.9 Å². The van der Waals surface area contributed by atoms with Crippen LogP contribution in [0.4, 0.5) is 8.78 Å². The molecule has 2 aromatic rings. The van der Waals surface area contributed by atoms with E-state index in [1.165, 1.54) is 37.3 Å². The summed E-state index contributed by atoms with van der Waals surface area (Å²) in [6.07, 6.45) is 0. The van der Waals surface area contributed by atoms with E-state index in [0.717, 1.165) is 6.07 Å². The average Bonchev–Trinajstić information content (AvgIpc) is 2.35. The summed E-state index contributed by atoms with van der Waals surface area (Å²) in [6, 6.07) is 7.54. The van der Waals surface area contributed by atoms with Gasteiger partial charge < -0.3 is 4.74 Å². The zero-order valence-electron chi connectivity index (χ0n) is 9.91. The van der Waals surface area contributed by atoms with E-state index in [4.69, 9.17) is 4.74 Å². The van der Waals surface area contributed by atoms with Gasteiger partial charge in [-0.25, -0.2) is 8.78 Å². The predicted molar refractivity (Wildman–Crippen MR) is 70.6 cm³/mol. The minimum atomic E-state index is -0.532. The van der Waals surface area contributed by atoms with Crippen molar-refractivity contribution in [3.05, 3.63) is 58.1 Å². The van der Waals surface area contributed by atoms with Gasteiger partial charge in [0, 0.05) is 6.07 Å². The molecule has 0 aliphatic heterocycles. The van der Waals surface area contributed by atoms with Crippen molar-refractivity contribution in [3.63, 3.8) is 0 Å². The topological polar surface area (TPSA) is 26.3 Å². The zero-order valence-corrected chi connectivity index (χ0v) is 11.5. The minimum Gasteiger partial charge on any atom is -0.455 e. The van der Waals surface area contributed by atoms with Gasteiger partial charge in [-0.3, -0.25) is 4.79 Å². The Bertz CT molecular complexity index is 641. The Morgan fingerprint density at radius 2 is 1.68 bits per heavy atom. The fraction of sp³-hybridized carbons (Fsp3) is 0.0714. The van der Waals surface area contributed by atoms with Crippen LogP contribution in [0.25, 0.3) is 0 Å². The summed E-state index contributed by atoms with van der Waals surface area (Å²) in [5, 5.41) is 0. The number of hydrogen-bond acceptors (Lipinski definition) is 2. The first-order valence-corrected chi connectivity index (χ1v) is 6.20. The van der Waals surface area contributed by atoms with Crippen LogP contribution in [-0.2, 0) is 0 Å². The SMILES string of the molecule is CC(=O)c1cc(F)ccc1Oc1cc(F)ccc1Br. The first kappa shape index (κ1) is 13.7. The summed E-state index contributed by atoms with van der Waals surface area (Å²) in [7, 11) is 0. The van der Waals surface area contributed by atoms with Gasteiger partial charge in [0.2, 0.25) is 0 Å². The van der Waals surface area contributed by atoms with Gasteiger partial charge in [-0.2, -0.15) is 0 Å². The number of halogens is 3. The van der Waals surface area contributed by atoms with Gasteiger partial charge in [-0.15, -0.1) is 0 Å². The number of hydrogen-bond donors (Lipinski definition) is 0. The third-order valence-electron chi connectivity index (χ3n) is 2.43. The van der Waals surface area contributed by atoms with Crippen LogP contribution in [0.15, 0.2) is 40.9 Å². The number of benzene rings is 2. The van der Waals surface area contributed by atoms with Gasteiger partial charge in [-0.1, -0.05) is 0 Å². The lowest BCUT2D eigenvalue weighted by Gasteiger charge is -2.11. The highest BCUT2D eigenvalue weighted by molar-refractivity contribution is 9.10. The van der Waals surface area contributed by atoms with Crippen molar-refractivity contribution in [3.8, 4) is 11.5 Å². The molecule has 2 nitrogen and oxygen atoms in total. The van der Waals surface area contributed by atoms with Crippen molar-refractivity contribution in [2.24, 2.45) is 0 Å². The smallest absolute Gasteiger partial charge is 0.163 e. The van der Waals surface area contributed by atoms with Crippen molar-refractivity contribution in [1.29, 1.82) is 0 Å². The van der Waals surface area contributed by atoms with Gasteiger partial charge in [0.15, 0.2) is 5.78 Å². The van der Waals surface area contributed by atoms with Crippen LogP contribution in [0.3, 0.4) is 0 Å². The summed E-state index contributed by atoms with van der Waals surface area (Å²) in [4.78, 5) is 11.4. The van der Waals surface area contributed by atoms with Crippen molar-refractivity contribution < 1.29 is 18.3 Å². The lowest BCUT2D eigenvalue weighted by atomic mass is 10.1. The summed E-state index contributed by atoms with van der Waals surface area (Å²) in [5.41, 5.74) is 0.108. The number of ether oxygens (including phenoxy) is 1. The number of ketones is 1. The van der Waals surface area contributed by atoms with Gasteiger partial charge >= 0.3 is 0 Å². The summed E-state index contributed by atoms with van der Waals surface area (Å²) < 4.78 is 32.3. The van der Waals surface area contributed by atoms with Crippen LogP contribution in [0.2, 0.25) is 0 Å². The van der Waals surface area contributed by atoms with Gasteiger partial charge in [-0.05, 0) is 53.2 Å². The zero-order chi connectivity index (χ0) is 14.0. The third kappa shape index (κ3) is 3.17. The Labute approximate surface area is 117 Å². The van der Waals surface area contributed by atoms with E-state index < -0.39 is 11.6 Å². The Hall–Kier alpha value is -1.75. The van der Waals surface area contributed by atoms with Crippen molar-refractivity contribution in [2.45, 2.75) is 6.92 Å². The molecule has 2 aromatic carbocycles. The van der Waals surface area contributed by atoms with Crippen LogP contribution in [0.1, 0.15) is 17.3 Å². The van der Waals surface area contributed by atoms with Crippen LogP contribution >= 0.6 is 15.9 Å². The fourth-order valence-corrected chi connectivity index (χ4v) is 1.87. The molecule has 0 atom stereocenters. The molecule has 0 N–H and O–H groups in total. The molecule has 0 amide bonds. The van der Waals surface area contributed by atoms with E-state index in [1.54, 1.807) is 0 Å². The van der Waals surface area contributed by atoms with E-state index in [9.17, 15) is 13.6 Å². The fourth-order valence-electron chi connectivity index (χ4n) is 1.54. The van der Waals surface area contributed by atoms with Crippen molar-refractivity contribution in [1.82, 2.24) is 0 Å². The molecular formula is C14H9BrF2O2. The first-order chi connectivity index (χ1) is 8.97. The number of Topliss-reactive ketones (excluding diaryl/α,β-unsaturated/α-hetero) is 1. The maximum absolute atomic E-state index is 13.1. The maximum atomic E-state index is 13.1. The highest BCUT2D eigenvalue weighted by Gasteiger charge is 2.12. The minimum absolute atomic E-state index is 0.108. The Morgan fingerprint density at radius 1 is 1.05 bits per heavy atom. The molecular weight excluding hydrogens is 318 g/mol. The molecule has 0 spiro atoms. The molecule has 19 heavy (non-hydrogen) atoms. The Morgan fingerprint density at radius 3 is 2.37 bits per heavy atom. The van der Waals surface area contributed by atoms with E-state index >= 15 is 0 Å². The van der Waals surface area contributed by atoms with Gasteiger partial charge in [0.25, 0.3) is 0 Å². The number of carbonyl (C=O) groups excluding carboxylic acids is 1. The molecule has 0 unspecified atom stereocenters. The Kier molecular flexibility index (Phi) is 3.95. The second kappa shape index (κ2) is 5.48. The molecule has 5 heteroatoms. The number of carbonyl (C=O) groups is 1. The third-order valence-corrected chi connectivity index (χ3v) is 3.09. The standard InChI is InChI=1S/C14H9BrF2O2/c1-8(18)11-6-9(16)3-5-13(11)19-14-7-10(17)2-4-12(14)15/h2-7H,1H3. The summed E-state index contributed by atoms with van der Waals surface area (Å²) >= 11 is 3.21. The monoisotopic (exact) mass is 326 g/mol. The number of rotatable bonds is 3. The molecule has 0 aliphatic carbocycles. The Balaban J connectivity index is 2.43. The van der Waals surface area contributed by atoms with Gasteiger partial charge in [0.1, 0.15) is 23.1 Å². The molecule has 0 fully saturated rings. The largest absolute Gasteiger partial charge is 0.455 e. The average molecular weight is 327 g/mol. The quantitative estimate of drug-likeness (QED) is 0.763.